The van der Waals surface area contributed by atoms with Gasteiger partial charge >= 0.3 is 5.97 Å². The number of imide groups is 1. The predicted molar refractivity (Wildman–Crippen MR) is 105 cm³/mol. The van der Waals surface area contributed by atoms with Crippen molar-refractivity contribution in [3.63, 3.8) is 0 Å². The van der Waals surface area contributed by atoms with Crippen LogP contribution in [0.25, 0.3) is 0 Å². The molecule has 0 N–H and O–H groups in total. The lowest BCUT2D eigenvalue weighted by atomic mass is 9.82. The van der Waals surface area contributed by atoms with E-state index in [2.05, 4.69) is 7.05 Å². The first-order valence-corrected chi connectivity index (χ1v) is 10.2. The largest absolute Gasteiger partial charge is 0.462 e. The molecule has 1 unspecified atom stereocenters. The normalized spacial score (nSPS) is 29.7. The molecule has 148 valence electrons. The number of fused-ring (bicyclic) bond motifs is 1. The quantitative estimate of drug-likeness (QED) is 0.456. The van der Waals surface area contributed by atoms with Crippen molar-refractivity contribution in [1.29, 1.82) is 0 Å². The number of nitrogens with zero attached hydrogens (tertiary/aromatic N) is 2. The van der Waals surface area contributed by atoms with Gasteiger partial charge in [-0.3, -0.25) is 9.59 Å². The number of piperidine rings is 2. The first kappa shape index (κ1) is 18.9. The average Bonchev–Trinajstić information content (AvgIpc) is 3.03. The summed E-state index contributed by atoms with van der Waals surface area (Å²) in [7, 11) is 2.35. The summed E-state index contributed by atoms with van der Waals surface area (Å²) in [6.07, 6.45) is 8.58. The molecule has 0 saturated carbocycles. The summed E-state index contributed by atoms with van der Waals surface area (Å²) < 4.78 is 6.79. The van der Waals surface area contributed by atoms with E-state index < -0.39 is 0 Å². The number of ether oxygens (including phenoxy) is 1. The van der Waals surface area contributed by atoms with E-state index in [9.17, 15) is 14.4 Å². The van der Waals surface area contributed by atoms with Gasteiger partial charge in [0, 0.05) is 24.5 Å². The second-order valence-electron chi connectivity index (χ2n) is 8.38. The zero-order valence-electron chi connectivity index (χ0n) is 16.3. The Labute approximate surface area is 165 Å². The first-order valence-electron chi connectivity index (χ1n) is 10.2. The second kappa shape index (κ2) is 7.51. The standard InChI is InChI=1S/C22H27N2O4/c1-24-13-3-2-6-19(24)17(5-4-14-24)15-28-22(27)16-7-9-18(10-8-16)23-20(25)11-12-21(23)26/h7-12,17,19H,2-6,13-15H2,1H3/q+1/t17-,19+,24?/m0/s1. The highest BCUT2D eigenvalue weighted by Crippen LogP contribution is 2.36. The van der Waals surface area contributed by atoms with E-state index in [4.69, 9.17) is 4.74 Å². The Bertz CT molecular complexity index is 794. The van der Waals surface area contributed by atoms with Crippen LogP contribution in [-0.2, 0) is 14.3 Å². The van der Waals surface area contributed by atoms with Crippen LogP contribution in [0.4, 0.5) is 5.69 Å². The number of benzene rings is 1. The Morgan fingerprint density at radius 1 is 1.04 bits per heavy atom. The van der Waals surface area contributed by atoms with Gasteiger partial charge in [-0.15, -0.1) is 0 Å². The van der Waals surface area contributed by atoms with Crippen molar-refractivity contribution >= 4 is 23.5 Å². The molecule has 0 aromatic heterocycles. The molecular formula is C22H27N2O4+. The SMILES string of the molecule is C[N+]12CCCC[C@@H]1[C@H](COC(=O)c1ccc(N3C(=O)C=CC3=O)cc1)CCC2. The third kappa shape index (κ3) is 3.49. The molecule has 2 saturated heterocycles. The molecule has 3 aliphatic heterocycles. The maximum atomic E-state index is 12.5. The Morgan fingerprint density at radius 2 is 1.71 bits per heavy atom. The molecular weight excluding hydrogens is 356 g/mol. The lowest BCUT2D eigenvalue weighted by Gasteiger charge is -2.51. The van der Waals surface area contributed by atoms with Gasteiger partial charge in [-0.2, -0.15) is 0 Å². The lowest BCUT2D eigenvalue weighted by Crippen LogP contribution is -2.61. The molecule has 3 heterocycles. The third-order valence-corrected chi connectivity index (χ3v) is 6.61. The molecule has 2 fully saturated rings. The molecule has 28 heavy (non-hydrogen) atoms. The van der Waals surface area contributed by atoms with Crippen LogP contribution in [0.3, 0.4) is 0 Å². The van der Waals surface area contributed by atoms with Crippen molar-refractivity contribution in [2.75, 3.05) is 31.6 Å². The minimum absolute atomic E-state index is 0.348. The molecule has 0 aliphatic carbocycles. The topological polar surface area (TPSA) is 63.7 Å². The van der Waals surface area contributed by atoms with Crippen molar-refractivity contribution in [2.24, 2.45) is 5.92 Å². The van der Waals surface area contributed by atoms with Gasteiger partial charge in [-0.25, -0.2) is 9.69 Å². The van der Waals surface area contributed by atoms with Gasteiger partial charge in [0.2, 0.25) is 0 Å². The Balaban J connectivity index is 1.37. The fourth-order valence-electron chi connectivity index (χ4n) is 5.10. The number of anilines is 1. The summed E-state index contributed by atoms with van der Waals surface area (Å²) in [4.78, 5) is 37.1. The molecule has 0 radical (unpaired) electrons. The number of amides is 2. The molecule has 3 atom stereocenters. The monoisotopic (exact) mass is 383 g/mol. The summed E-state index contributed by atoms with van der Waals surface area (Å²) in [5.41, 5.74) is 0.895. The van der Waals surface area contributed by atoms with Gasteiger partial charge in [0.15, 0.2) is 0 Å². The van der Waals surface area contributed by atoms with Crippen molar-refractivity contribution in [2.45, 2.75) is 38.1 Å². The van der Waals surface area contributed by atoms with Gasteiger partial charge < -0.3 is 9.22 Å². The number of carbonyl (C=O) groups excluding carboxylic acids is 3. The minimum Gasteiger partial charge on any atom is -0.462 e. The van der Waals surface area contributed by atoms with Crippen LogP contribution in [0.1, 0.15) is 42.5 Å². The van der Waals surface area contributed by atoms with Crippen molar-refractivity contribution in [3.8, 4) is 0 Å². The number of hydrogen-bond acceptors (Lipinski definition) is 4. The average molecular weight is 383 g/mol. The van der Waals surface area contributed by atoms with Crippen LogP contribution in [0.2, 0.25) is 0 Å². The van der Waals surface area contributed by atoms with Crippen LogP contribution < -0.4 is 4.90 Å². The van der Waals surface area contributed by atoms with E-state index >= 15 is 0 Å². The van der Waals surface area contributed by atoms with Crippen molar-refractivity contribution in [3.05, 3.63) is 42.0 Å². The number of carbonyl (C=O) groups is 3. The molecule has 6 nitrogen and oxygen atoms in total. The highest BCUT2D eigenvalue weighted by Gasteiger charge is 2.43. The smallest absolute Gasteiger partial charge is 0.338 e. The fourth-order valence-corrected chi connectivity index (χ4v) is 5.10. The van der Waals surface area contributed by atoms with Crippen molar-refractivity contribution in [1.82, 2.24) is 0 Å². The summed E-state index contributed by atoms with van der Waals surface area (Å²) in [6.45, 7) is 2.94. The van der Waals surface area contributed by atoms with E-state index in [1.165, 1.54) is 50.9 Å². The molecule has 4 rings (SSSR count). The Morgan fingerprint density at radius 3 is 2.43 bits per heavy atom. The molecule has 0 bridgehead atoms. The first-order chi connectivity index (χ1) is 13.5. The molecule has 0 spiro atoms. The van der Waals surface area contributed by atoms with E-state index in [-0.39, 0.29) is 17.8 Å². The number of quaternary nitrogens is 1. The zero-order chi connectivity index (χ0) is 19.7. The lowest BCUT2D eigenvalue weighted by molar-refractivity contribution is -0.947. The molecule has 3 aliphatic rings. The summed E-state index contributed by atoms with van der Waals surface area (Å²) >= 11 is 0. The number of hydrogen-bond donors (Lipinski definition) is 0. The van der Waals surface area contributed by atoms with E-state index in [1.54, 1.807) is 24.3 Å². The fraction of sp³-hybridized carbons (Fsp3) is 0.500. The minimum atomic E-state index is -0.369. The van der Waals surface area contributed by atoms with Crippen molar-refractivity contribution < 1.29 is 23.6 Å². The second-order valence-corrected chi connectivity index (χ2v) is 8.38. The molecule has 6 heteroatoms. The van der Waals surface area contributed by atoms with E-state index in [1.807, 2.05) is 0 Å². The van der Waals surface area contributed by atoms with Gasteiger partial charge in [0.1, 0.15) is 6.61 Å². The molecule has 1 aromatic rings. The van der Waals surface area contributed by atoms with Gasteiger partial charge in [-0.05, 0) is 49.9 Å². The summed E-state index contributed by atoms with van der Waals surface area (Å²) in [5.74, 6) is -0.662. The summed E-state index contributed by atoms with van der Waals surface area (Å²) in [5, 5.41) is 0. The molecule has 2 amide bonds. The maximum Gasteiger partial charge on any atom is 0.338 e. The predicted octanol–water partition coefficient (Wildman–Crippen LogP) is 2.68. The molecule has 1 aromatic carbocycles. The highest BCUT2D eigenvalue weighted by atomic mass is 16.5. The number of esters is 1. The van der Waals surface area contributed by atoms with E-state index in [0.717, 1.165) is 15.8 Å². The van der Waals surface area contributed by atoms with Gasteiger partial charge in [0.25, 0.3) is 11.8 Å². The number of rotatable bonds is 4. The van der Waals surface area contributed by atoms with Gasteiger partial charge in [0.05, 0.1) is 37.4 Å². The third-order valence-electron chi connectivity index (χ3n) is 6.61. The van der Waals surface area contributed by atoms with E-state index in [0.29, 0.717) is 29.8 Å². The zero-order valence-corrected chi connectivity index (χ0v) is 16.3. The van der Waals surface area contributed by atoms with Crippen LogP contribution in [0.5, 0.6) is 0 Å². The Hall–Kier alpha value is -2.47. The maximum absolute atomic E-state index is 12.5. The van der Waals surface area contributed by atoms with Gasteiger partial charge in [-0.1, -0.05) is 0 Å². The highest BCUT2D eigenvalue weighted by molar-refractivity contribution is 6.28. The van der Waals surface area contributed by atoms with Crippen LogP contribution >= 0.6 is 0 Å². The Kier molecular flexibility index (Phi) is 5.06. The van der Waals surface area contributed by atoms with Crippen LogP contribution in [0, 0.1) is 5.92 Å². The van der Waals surface area contributed by atoms with Crippen LogP contribution in [-0.4, -0.2) is 55.1 Å². The van der Waals surface area contributed by atoms with Crippen LogP contribution in [0.15, 0.2) is 36.4 Å². The summed E-state index contributed by atoms with van der Waals surface area (Å²) in [6, 6.07) is 7.03.